The molecule has 1 aromatic heterocycles. The zero-order chi connectivity index (χ0) is 13.1. The molecule has 0 aromatic carbocycles. The van der Waals surface area contributed by atoms with Gasteiger partial charge in [-0.05, 0) is 46.2 Å². The summed E-state index contributed by atoms with van der Waals surface area (Å²) in [6, 6.07) is 0.439. The Morgan fingerprint density at radius 2 is 2.39 bits per heavy atom. The van der Waals surface area contributed by atoms with E-state index in [2.05, 4.69) is 23.9 Å². The Morgan fingerprint density at radius 1 is 1.61 bits per heavy atom. The Balaban J connectivity index is 1.98. The van der Waals surface area contributed by atoms with E-state index in [9.17, 15) is 4.79 Å². The van der Waals surface area contributed by atoms with Crippen LogP contribution < -0.4 is 0 Å². The predicted octanol–water partition coefficient (Wildman–Crippen LogP) is 2.63. The third-order valence-electron chi connectivity index (χ3n) is 3.46. The lowest BCUT2D eigenvalue weighted by molar-refractivity contribution is -0.137. The average Bonchev–Trinajstić information content (AvgIpc) is 2.67. The van der Waals surface area contributed by atoms with Gasteiger partial charge in [0.1, 0.15) is 0 Å². The summed E-state index contributed by atoms with van der Waals surface area (Å²) in [5.74, 6) is -0.707. The molecule has 1 heterocycles. The Morgan fingerprint density at radius 3 is 3.11 bits per heavy atom. The summed E-state index contributed by atoms with van der Waals surface area (Å²) < 4.78 is 0. The molecule has 1 N–H and O–H groups in total. The molecule has 0 spiro atoms. The number of aryl methyl sites for hydroxylation is 2. The maximum atomic E-state index is 10.5. The van der Waals surface area contributed by atoms with E-state index in [-0.39, 0.29) is 6.42 Å². The number of aromatic nitrogens is 1. The predicted molar refractivity (Wildman–Crippen MR) is 72.0 cm³/mol. The molecular formula is C13H20N2O2S. The molecule has 1 atom stereocenters. The van der Waals surface area contributed by atoms with Crippen LogP contribution in [0.4, 0.5) is 0 Å². The lowest BCUT2D eigenvalue weighted by atomic mass is 9.97. The van der Waals surface area contributed by atoms with Crippen molar-refractivity contribution in [1.82, 2.24) is 9.88 Å². The highest BCUT2D eigenvalue weighted by Crippen LogP contribution is 2.37. The SMILES string of the molecule is Cc1nc2c(s1)C(N(C)CCCC(=O)O)CCC2. The van der Waals surface area contributed by atoms with Crippen LogP contribution in [0.2, 0.25) is 0 Å². The first-order valence-corrected chi connectivity index (χ1v) is 7.28. The molecule has 2 rings (SSSR count). The fourth-order valence-corrected chi connectivity index (χ4v) is 3.75. The first kappa shape index (κ1) is 13.5. The average molecular weight is 268 g/mol. The zero-order valence-corrected chi connectivity index (χ0v) is 11.8. The maximum Gasteiger partial charge on any atom is 0.303 e. The van der Waals surface area contributed by atoms with Crippen molar-refractivity contribution in [3.63, 3.8) is 0 Å². The molecule has 0 amide bonds. The van der Waals surface area contributed by atoms with E-state index in [0.29, 0.717) is 6.04 Å². The highest BCUT2D eigenvalue weighted by atomic mass is 32.1. The van der Waals surface area contributed by atoms with Crippen LogP contribution in [0.3, 0.4) is 0 Å². The van der Waals surface area contributed by atoms with Crippen molar-refractivity contribution in [2.75, 3.05) is 13.6 Å². The van der Waals surface area contributed by atoms with Crippen LogP contribution in [-0.2, 0) is 11.2 Å². The van der Waals surface area contributed by atoms with Gasteiger partial charge in [-0.2, -0.15) is 0 Å². The first-order valence-electron chi connectivity index (χ1n) is 6.46. The number of carboxylic acids is 1. The van der Waals surface area contributed by atoms with Crippen LogP contribution in [0.1, 0.15) is 47.3 Å². The number of fused-ring (bicyclic) bond motifs is 1. The molecule has 4 nitrogen and oxygen atoms in total. The molecular weight excluding hydrogens is 248 g/mol. The van der Waals surface area contributed by atoms with Crippen molar-refractivity contribution in [3.8, 4) is 0 Å². The van der Waals surface area contributed by atoms with Crippen LogP contribution in [0, 0.1) is 6.92 Å². The van der Waals surface area contributed by atoms with Gasteiger partial charge in [-0.25, -0.2) is 4.98 Å². The molecule has 0 bridgehead atoms. The summed E-state index contributed by atoms with van der Waals surface area (Å²) in [6.07, 6.45) is 4.42. The Hall–Kier alpha value is -0.940. The summed E-state index contributed by atoms with van der Waals surface area (Å²) in [5.41, 5.74) is 1.26. The molecule has 5 heteroatoms. The molecule has 1 aromatic rings. The second-order valence-electron chi connectivity index (χ2n) is 4.93. The number of aliphatic carboxylic acids is 1. The fourth-order valence-electron chi connectivity index (χ4n) is 2.58. The summed E-state index contributed by atoms with van der Waals surface area (Å²) in [5, 5.41) is 9.82. The van der Waals surface area contributed by atoms with E-state index in [0.717, 1.165) is 30.8 Å². The fraction of sp³-hybridized carbons (Fsp3) is 0.692. The zero-order valence-electron chi connectivity index (χ0n) is 11.0. The van der Waals surface area contributed by atoms with Crippen LogP contribution in [0.15, 0.2) is 0 Å². The highest BCUT2D eigenvalue weighted by molar-refractivity contribution is 7.11. The molecule has 1 unspecified atom stereocenters. The standard InChI is InChI=1S/C13H20N2O2S/c1-9-14-10-5-3-6-11(13(10)18-9)15(2)8-4-7-12(16)17/h11H,3-8H2,1-2H3,(H,16,17). The van der Waals surface area contributed by atoms with Crippen molar-refractivity contribution in [3.05, 3.63) is 15.6 Å². The van der Waals surface area contributed by atoms with Crippen LogP contribution in [0.25, 0.3) is 0 Å². The third kappa shape index (κ3) is 3.09. The van der Waals surface area contributed by atoms with E-state index in [1.54, 1.807) is 11.3 Å². The van der Waals surface area contributed by atoms with Gasteiger partial charge in [0.2, 0.25) is 0 Å². The Bertz CT molecular complexity index is 431. The molecule has 1 aliphatic rings. The Kier molecular flexibility index (Phi) is 4.35. The number of hydrogen-bond donors (Lipinski definition) is 1. The van der Waals surface area contributed by atoms with E-state index >= 15 is 0 Å². The van der Waals surface area contributed by atoms with Crippen molar-refractivity contribution in [1.29, 1.82) is 0 Å². The van der Waals surface area contributed by atoms with E-state index in [1.165, 1.54) is 17.0 Å². The van der Waals surface area contributed by atoms with Gasteiger partial charge in [0.25, 0.3) is 0 Å². The summed E-state index contributed by atoms with van der Waals surface area (Å²) in [6.45, 7) is 2.90. The number of thiazole rings is 1. The molecule has 0 aliphatic heterocycles. The lowest BCUT2D eigenvalue weighted by Crippen LogP contribution is -2.28. The number of hydrogen-bond acceptors (Lipinski definition) is 4. The lowest BCUT2D eigenvalue weighted by Gasteiger charge is -2.30. The summed E-state index contributed by atoms with van der Waals surface area (Å²) >= 11 is 1.80. The Labute approximate surface area is 112 Å². The molecule has 0 fully saturated rings. The molecule has 100 valence electrons. The smallest absolute Gasteiger partial charge is 0.303 e. The van der Waals surface area contributed by atoms with Crippen molar-refractivity contribution < 1.29 is 9.90 Å². The van der Waals surface area contributed by atoms with Gasteiger partial charge in [0.15, 0.2) is 0 Å². The second kappa shape index (κ2) is 5.80. The van der Waals surface area contributed by atoms with Crippen LogP contribution >= 0.6 is 11.3 Å². The largest absolute Gasteiger partial charge is 0.481 e. The molecule has 0 saturated heterocycles. The van der Waals surface area contributed by atoms with E-state index < -0.39 is 5.97 Å². The topological polar surface area (TPSA) is 53.4 Å². The minimum absolute atomic E-state index is 0.256. The number of nitrogens with zero attached hydrogens (tertiary/aromatic N) is 2. The van der Waals surface area contributed by atoms with E-state index in [4.69, 9.17) is 5.11 Å². The quantitative estimate of drug-likeness (QED) is 0.892. The van der Waals surface area contributed by atoms with Crippen LogP contribution in [-0.4, -0.2) is 34.6 Å². The number of carboxylic acid groups (broad SMARTS) is 1. The van der Waals surface area contributed by atoms with Gasteiger partial charge in [-0.3, -0.25) is 9.69 Å². The minimum Gasteiger partial charge on any atom is -0.481 e. The van der Waals surface area contributed by atoms with E-state index in [1.807, 2.05) is 0 Å². The van der Waals surface area contributed by atoms with Crippen LogP contribution in [0.5, 0.6) is 0 Å². The molecule has 0 radical (unpaired) electrons. The van der Waals surface area contributed by atoms with Crippen molar-refractivity contribution >= 4 is 17.3 Å². The summed E-state index contributed by atoms with van der Waals surface area (Å²) in [4.78, 5) is 18.8. The third-order valence-corrected chi connectivity index (χ3v) is 4.58. The molecule has 1 aliphatic carbocycles. The highest BCUT2D eigenvalue weighted by Gasteiger charge is 2.26. The minimum atomic E-state index is -0.707. The number of carbonyl (C=O) groups is 1. The monoisotopic (exact) mass is 268 g/mol. The normalized spacial score (nSPS) is 18.9. The van der Waals surface area contributed by atoms with Gasteiger partial charge < -0.3 is 5.11 Å². The van der Waals surface area contributed by atoms with Gasteiger partial charge >= 0.3 is 5.97 Å². The maximum absolute atomic E-state index is 10.5. The van der Waals surface area contributed by atoms with Gasteiger partial charge in [0, 0.05) is 17.3 Å². The second-order valence-corrected chi connectivity index (χ2v) is 6.16. The van der Waals surface area contributed by atoms with Gasteiger partial charge in [-0.15, -0.1) is 11.3 Å². The van der Waals surface area contributed by atoms with Gasteiger partial charge in [0.05, 0.1) is 10.7 Å². The first-order chi connectivity index (χ1) is 8.58. The van der Waals surface area contributed by atoms with Crippen molar-refractivity contribution in [2.45, 2.75) is 45.1 Å². The molecule has 0 saturated carbocycles. The summed E-state index contributed by atoms with van der Waals surface area (Å²) in [7, 11) is 2.09. The number of rotatable bonds is 5. The van der Waals surface area contributed by atoms with Gasteiger partial charge in [-0.1, -0.05) is 0 Å². The van der Waals surface area contributed by atoms with Crippen molar-refractivity contribution in [2.24, 2.45) is 0 Å². The molecule has 18 heavy (non-hydrogen) atoms.